The Hall–Kier alpha value is -0.710. The predicted molar refractivity (Wildman–Crippen MR) is 88.8 cm³/mol. The van der Waals surface area contributed by atoms with Gasteiger partial charge in [-0.3, -0.25) is 12.7 Å². The van der Waals surface area contributed by atoms with Crippen molar-refractivity contribution >= 4 is 68.7 Å². The Morgan fingerprint density at radius 2 is 2.16 bits per heavy atom. The van der Waals surface area contributed by atoms with Gasteiger partial charge in [0.15, 0.2) is 0 Å². The van der Waals surface area contributed by atoms with Crippen LogP contribution in [0.25, 0.3) is 0 Å². The van der Waals surface area contributed by atoms with Crippen LogP contribution in [0.1, 0.15) is 17.5 Å². The van der Waals surface area contributed by atoms with Gasteiger partial charge < -0.3 is 0 Å². The summed E-state index contributed by atoms with van der Waals surface area (Å²) in [6.07, 6.45) is 0.867. The first-order valence-electron chi connectivity index (χ1n) is 5.69. The minimum Gasteiger partial charge on any atom is -0.273 e. The number of rotatable bonds is 1. The minimum absolute atomic E-state index is 0.0575. The number of hydrogen-bond donors (Lipinski definition) is 1. The molecule has 1 atom stereocenters. The smallest absolute Gasteiger partial charge is 0.241 e. The lowest BCUT2D eigenvalue weighted by molar-refractivity contribution is -0.121. The first-order valence-corrected chi connectivity index (χ1v) is 7.90. The predicted octanol–water partition coefficient (Wildman–Crippen LogP) is 1.95. The van der Waals surface area contributed by atoms with Gasteiger partial charge in [-0.05, 0) is 23.3 Å². The van der Waals surface area contributed by atoms with Gasteiger partial charge in [-0.2, -0.15) is 5.10 Å². The average molecular weight is 481 g/mol. The van der Waals surface area contributed by atoms with Crippen LogP contribution in [0.4, 0.5) is 5.69 Å². The summed E-state index contributed by atoms with van der Waals surface area (Å²) >= 11 is 4.24. The quantitative estimate of drug-likeness (QED) is 0.379. The van der Waals surface area contributed by atoms with Gasteiger partial charge in [0.25, 0.3) is 0 Å². The first-order chi connectivity index (χ1) is 9.06. The summed E-state index contributed by atoms with van der Waals surface area (Å²) in [6, 6.07) is 5.88. The Bertz CT molecular complexity index is 615. The number of anilines is 1. The molecule has 0 fully saturated rings. The molecule has 2 aliphatic rings. The number of alkyl halides is 1. The molecule has 1 aromatic carbocycles. The Morgan fingerprint density at radius 3 is 2.89 bits per heavy atom. The zero-order valence-corrected chi connectivity index (χ0v) is 14.0. The molecular formula is C12H9I2N3O2. The number of hydrogen-bond acceptors (Lipinski definition) is 3. The number of halogens is 2. The van der Waals surface area contributed by atoms with Gasteiger partial charge in [-0.25, -0.2) is 5.43 Å². The van der Waals surface area contributed by atoms with Crippen LogP contribution in [0.2, 0.25) is 0 Å². The van der Waals surface area contributed by atoms with Gasteiger partial charge in [0.2, 0.25) is 11.8 Å². The van der Waals surface area contributed by atoms with Crippen LogP contribution in [0.3, 0.4) is 0 Å². The molecule has 98 valence electrons. The SMILES string of the molecule is O=C1CC(I)C(c2ccc3c(c2)CC(=O)N3I)=NN1. The summed E-state index contributed by atoms with van der Waals surface area (Å²) in [6.45, 7) is 0. The zero-order chi connectivity index (χ0) is 13.6. The van der Waals surface area contributed by atoms with E-state index in [2.05, 4.69) is 33.1 Å². The van der Waals surface area contributed by atoms with Crippen molar-refractivity contribution in [3.63, 3.8) is 0 Å². The number of amides is 2. The highest BCUT2D eigenvalue weighted by molar-refractivity contribution is 14.1. The molecule has 5 nitrogen and oxygen atoms in total. The third-order valence-corrected chi connectivity index (χ3v) is 5.20. The largest absolute Gasteiger partial charge is 0.273 e. The van der Waals surface area contributed by atoms with Crippen molar-refractivity contribution in [1.29, 1.82) is 0 Å². The van der Waals surface area contributed by atoms with Crippen molar-refractivity contribution in [3.8, 4) is 0 Å². The minimum atomic E-state index is -0.0575. The zero-order valence-electron chi connectivity index (χ0n) is 9.69. The van der Waals surface area contributed by atoms with Crippen LogP contribution in [-0.4, -0.2) is 21.5 Å². The van der Waals surface area contributed by atoms with Crippen molar-refractivity contribution in [3.05, 3.63) is 29.3 Å². The fourth-order valence-electron chi connectivity index (χ4n) is 2.19. The number of nitrogens with one attached hydrogen (secondary N) is 1. The lowest BCUT2D eigenvalue weighted by Crippen LogP contribution is -2.33. The van der Waals surface area contributed by atoms with Gasteiger partial charge in [0.05, 0.1) is 44.6 Å². The van der Waals surface area contributed by atoms with Crippen molar-refractivity contribution in [2.75, 3.05) is 3.11 Å². The normalized spacial score (nSPS) is 22.1. The van der Waals surface area contributed by atoms with Crippen LogP contribution in [-0.2, 0) is 16.0 Å². The van der Waals surface area contributed by atoms with E-state index in [1.165, 1.54) is 0 Å². The Labute approximate surface area is 137 Å². The Kier molecular flexibility index (Phi) is 3.50. The molecule has 0 aromatic heterocycles. The number of carbonyl (C=O) groups is 2. The number of fused-ring (bicyclic) bond motifs is 1. The molecule has 2 heterocycles. The maximum absolute atomic E-state index is 11.7. The number of hydrazone groups is 1. The van der Waals surface area contributed by atoms with Crippen LogP contribution in [0.15, 0.2) is 23.3 Å². The number of nitrogens with zero attached hydrogens (tertiary/aromatic N) is 2. The number of benzene rings is 1. The summed E-state index contributed by atoms with van der Waals surface area (Å²) in [5.41, 5.74) is 6.30. The second-order valence-corrected chi connectivity index (χ2v) is 6.87. The highest BCUT2D eigenvalue weighted by Gasteiger charge is 2.28. The first kappa shape index (κ1) is 13.3. The Morgan fingerprint density at radius 1 is 1.37 bits per heavy atom. The van der Waals surface area contributed by atoms with E-state index in [0.29, 0.717) is 12.8 Å². The van der Waals surface area contributed by atoms with Crippen LogP contribution in [0.5, 0.6) is 0 Å². The third-order valence-electron chi connectivity index (χ3n) is 3.11. The second-order valence-electron chi connectivity index (χ2n) is 4.40. The van der Waals surface area contributed by atoms with E-state index in [1.807, 2.05) is 41.1 Å². The summed E-state index contributed by atoms with van der Waals surface area (Å²) in [5, 5.41) is 4.13. The van der Waals surface area contributed by atoms with Crippen molar-refractivity contribution in [2.24, 2.45) is 5.10 Å². The Balaban J connectivity index is 1.98. The highest BCUT2D eigenvalue weighted by Crippen LogP contribution is 2.33. The molecule has 3 rings (SSSR count). The van der Waals surface area contributed by atoms with Crippen LogP contribution in [0, 0.1) is 0 Å². The lowest BCUT2D eigenvalue weighted by Gasteiger charge is -2.18. The lowest BCUT2D eigenvalue weighted by atomic mass is 10.0. The van der Waals surface area contributed by atoms with E-state index in [4.69, 9.17) is 0 Å². The molecule has 1 unspecified atom stereocenters. The average Bonchev–Trinajstić information content (AvgIpc) is 2.64. The van der Waals surface area contributed by atoms with Crippen molar-refractivity contribution < 1.29 is 9.59 Å². The standard InChI is InChI=1S/C12H9I2N3O2/c13-8-5-10(18)15-16-12(8)6-1-2-9-7(3-6)4-11(19)17(9)14/h1-3,8H,4-5H2,(H,15,18). The third kappa shape index (κ3) is 2.37. The molecule has 2 aliphatic heterocycles. The molecule has 1 aromatic rings. The maximum Gasteiger partial charge on any atom is 0.241 e. The molecular weight excluding hydrogens is 472 g/mol. The number of carbonyl (C=O) groups excluding carboxylic acids is 2. The van der Waals surface area contributed by atoms with Crippen LogP contribution >= 0.6 is 45.5 Å². The van der Waals surface area contributed by atoms with Gasteiger partial charge >= 0.3 is 0 Å². The molecule has 7 heteroatoms. The van der Waals surface area contributed by atoms with Crippen LogP contribution < -0.4 is 8.54 Å². The van der Waals surface area contributed by atoms with Gasteiger partial charge in [0, 0.05) is 6.42 Å². The topological polar surface area (TPSA) is 61.8 Å². The monoisotopic (exact) mass is 481 g/mol. The molecule has 0 spiro atoms. The van der Waals surface area contributed by atoms with Gasteiger partial charge in [-0.15, -0.1) is 0 Å². The van der Waals surface area contributed by atoms with Crippen molar-refractivity contribution in [2.45, 2.75) is 16.8 Å². The molecule has 0 saturated heterocycles. The molecule has 2 amide bonds. The highest BCUT2D eigenvalue weighted by atomic mass is 127. The maximum atomic E-state index is 11.7. The summed E-state index contributed by atoms with van der Waals surface area (Å²) in [5.74, 6) is 0.0376. The van der Waals surface area contributed by atoms with E-state index < -0.39 is 0 Å². The van der Waals surface area contributed by atoms with E-state index in [9.17, 15) is 9.59 Å². The van der Waals surface area contributed by atoms with E-state index in [0.717, 1.165) is 22.5 Å². The molecule has 1 N–H and O–H groups in total. The van der Waals surface area contributed by atoms with E-state index in [1.54, 1.807) is 3.11 Å². The summed E-state index contributed by atoms with van der Waals surface area (Å²) < 4.78 is 1.71. The van der Waals surface area contributed by atoms with Gasteiger partial charge in [-0.1, -0.05) is 28.7 Å². The van der Waals surface area contributed by atoms with E-state index in [-0.39, 0.29) is 15.7 Å². The second kappa shape index (κ2) is 5.00. The molecule has 0 saturated carbocycles. The van der Waals surface area contributed by atoms with E-state index >= 15 is 0 Å². The molecule has 0 radical (unpaired) electrons. The molecule has 0 aliphatic carbocycles. The van der Waals surface area contributed by atoms with Gasteiger partial charge in [0.1, 0.15) is 0 Å². The van der Waals surface area contributed by atoms with Crippen molar-refractivity contribution in [1.82, 2.24) is 5.43 Å². The molecule has 19 heavy (non-hydrogen) atoms. The fraction of sp³-hybridized carbons (Fsp3) is 0.250. The summed E-state index contributed by atoms with van der Waals surface area (Å²) in [4.78, 5) is 22.9. The molecule has 0 bridgehead atoms. The summed E-state index contributed by atoms with van der Waals surface area (Å²) in [7, 11) is 0. The fourth-order valence-corrected chi connectivity index (χ4v) is 3.73.